The Bertz CT molecular complexity index is 1000. The first-order chi connectivity index (χ1) is 13.2. The van der Waals surface area contributed by atoms with Crippen molar-refractivity contribution in [3.05, 3.63) is 100 Å². The summed E-state index contributed by atoms with van der Waals surface area (Å²) in [4.78, 5) is 17.1. The maximum atomic E-state index is 12.7. The quantitative estimate of drug-likeness (QED) is 0.429. The number of hydrogen-bond acceptors (Lipinski definition) is 4. The molecule has 0 amide bonds. The molecule has 0 spiro atoms. The fourth-order valence-corrected chi connectivity index (χ4v) is 3.73. The fraction of sp³-hybridized carbons (Fsp3) is 0.0909. The fourth-order valence-electron chi connectivity index (χ4n) is 3.17. The summed E-state index contributed by atoms with van der Waals surface area (Å²) in [6.07, 6.45) is 4.08. The SMILES string of the molecule is O=C(/C=C1/CC(c2ccccc2Br)Nc2ncccc2N1)c1ccccc1. The molecular formula is C22H18BrN3O. The number of carbonyl (C=O) groups excluding carboxylic acids is 1. The van der Waals surface area contributed by atoms with Crippen LogP contribution >= 0.6 is 15.9 Å². The van der Waals surface area contributed by atoms with Crippen molar-refractivity contribution in [2.45, 2.75) is 12.5 Å². The number of ketones is 1. The Kier molecular flexibility index (Phi) is 5.03. The molecule has 4 rings (SSSR count). The summed E-state index contributed by atoms with van der Waals surface area (Å²) in [5, 5.41) is 6.88. The van der Waals surface area contributed by atoms with E-state index in [1.165, 1.54) is 0 Å². The van der Waals surface area contributed by atoms with Gasteiger partial charge in [0.1, 0.15) is 5.82 Å². The number of halogens is 1. The van der Waals surface area contributed by atoms with E-state index in [-0.39, 0.29) is 11.8 Å². The third-order valence-electron chi connectivity index (χ3n) is 4.48. The normalized spacial score (nSPS) is 17.4. The number of hydrogen-bond donors (Lipinski definition) is 2. The molecule has 0 fully saturated rings. The molecule has 1 aromatic heterocycles. The lowest BCUT2D eigenvalue weighted by Gasteiger charge is -2.19. The minimum absolute atomic E-state index is 0.0148. The zero-order valence-corrected chi connectivity index (χ0v) is 16.1. The average molecular weight is 420 g/mol. The van der Waals surface area contributed by atoms with Crippen LogP contribution in [0.5, 0.6) is 0 Å². The molecule has 0 saturated heterocycles. The zero-order chi connectivity index (χ0) is 18.6. The van der Waals surface area contributed by atoms with E-state index in [0.717, 1.165) is 27.2 Å². The molecule has 3 aromatic rings. The smallest absolute Gasteiger partial charge is 0.187 e. The van der Waals surface area contributed by atoms with Gasteiger partial charge in [0.2, 0.25) is 0 Å². The van der Waals surface area contributed by atoms with Crippen molar-refractivity contribution in [1.82, 2.24) is 4.98 Å². The van der Waals surface area contributed by atoms with Gasteiger partial charge in [-0.05, 0) is 23.8 Å². The Morgan fingerprint density at radius 1 is 1.04 bits per heavy atom. The van der Waals surface area contributed by atoms with E-state index in [1.54, 1.807) is 12.3 Å². The number of benzene rings is 2. The van der Waals surface area contributed by atoms with Crippen molar-refractivity contribution in [2.75, 3.05) is 10.6 Å². The van der Waals surface area contributed by atoms with E-state index in [1.807, 2.05) is 60.7 Å². The highest BCUT2D eigenvalue weighted by Crippen LogP contribution is 2.36. The Morgan fingerprint density at radius 3 is 2.63 bits per heavy atom. The zero-order valence-electron chi connectivity index (χ0n) is 14.5. The standard InChI is InChI=1S/C22H18BrN3O/c23-18-10-5-4-9-17(18)20-13-16(14-21(27)15-7-2-1-3-8-15)25-19-11-6-12-24-22(19)26-20/h1-12,14,20,25H,13H2,(H,24,26)/b16-14-. The van der Waals surface area contributed by atoms with Crippen LogP contribution in [-0.2, 0) is 0 Å². The molecular weight excluding hydrogens is 402 g/mol. The monoisotopic (exact) mass is 419 g/mol. The molecule has 5 heteroatoms. The number of allylic oxidation sites excluding steroid dienone is 1. The van der Waals surface area contributed by atoms with Crippen LogP contribution in [0.4, 0.5) is 11.5 Å². The highest BCUT2D eigenvalue weighted by Gasteiger charge is 2.22. The molecule has 1 unspecified atom stereocenters. The van der Waals surface area contributed by atoms with Crippen molar-refractivity contribution < 1.29 is 4.79 Å². The van der Waals surface area contributed by atoms with E-state index in [4.69, 9.17) is 0 Å². The molecule has 1 aliphatic heterocycles. The van der Waals surface area contributed by atoms with Gasteiger partial charge in [0, 0.05) is 34.4 Å². The second-order valence-electron chi connectivity index (χ2n) is 6.35. The molecule has 1 aliphatic rings. The summed E-state index contributed by atoms with van der Waals surface area (Å²) in [5.74, 6) is 0.755. The highest BCUT2D eigenvalue weighted by molar-refractivity contribution is 9.10. The summed E-state index contributed by atoms with van der Waals surface area (Å²) in [5.41, 5.74) is 3.51. The van der Waals surface area contributed by atoms with Gasteiger partial charge >= 0.3 is 0 Å². The summed E-state index contributed by atoms with van der Waals surface area (Å²) in [7, 11) is 0. The number of rotatable bonds is 3. The lowest BCUT2D eigenvalue weighted by molar-refractivity contribution is 0.104. The highest BCUT2D eigenvalue weighted by atomic mass is 79.9. The van der Waals surface area contributed by atoms with Gasteiger partial charge in [-0.1, -0.05) is 64.5 Å². The molecule has 2 aromatic carbocycles. The second kappa shape index (κ2) is 7.76. The number of aromatic nitrogens is 1. The van der Waals surface area contributed by atoms with Gasteiger partial charge in [-0.15, -0.1) is 0 Å². The Hall–Kier alpha value is -2.92. The summed E-state index contributed by atoms with van der Waals surface area (Å²) in [6.45, 7) is 0. The van der Waals surface area contributed by atoms with Gasteiger partial charge in [0.15, 0.2) is 5.78 Å². The molecule has 0 bridgehead atoms. The van der Waals surface area contributed by atoms with Crippen molar-refractivity contribution in [3.8, 4) is 0 Å². The van der Waals surface area contributed by atoms with E-state index < -0.39 is 0 Å². The van der Waals surface area contributed by atoms with E-state index in [0.29, 0.717) is 12.0 Å². The lowest BCUT2D eigenvalue weighted by Crippen LogP contribution is -2.12. The third-order valence-corrected chi connectivity index (χ3v) is 5.20. The molecule has 27 heavy (non-hydrogen) atoms. The number of pyridine rings is 1. The van der Waals surface area contributed by atoms with Crippen LogP contribution in [0.25, 0.3) is 0 Å². The predicted octanol–water partition coefficient (Wildman–Crippen LogP) is 5.58. The second-order valence-corrected chi connectivity index (χ2v) is 7.20. The molecule has 0 saturated carbocycles. The van der Waals surface area contributed by atoms with Crippen molar-refractivity contribution in [1.29, 1.82) is 0 Å². The summed E-state index contributed by atoms with van der Waals surface area (Å²) >= 11 is 3.64. The topological polar surface area (TPSA) is 54.0 Å². The van der Waals surface area contributed by atoms with Crippen LogP contribution in [0.3, 0.4) is 0 Å². The lowest BCUT2D eigenvalue weighted by atomic mass is 10.0. The van der Waals surface area contributed by atoms with Crippen molar-refractivity contribution in [2.24, 2.45) is 0 Å². The minimum atomic E-state index is -0.0173. The number of anilines is 2. The molecule has 4 nitrogen and oxygen atoms in total. The van der Waals surface area contributed by atoms with E-state index in [9.17, 15) is 4.79 Å². The van der Waals surface area contributed by atoms with Gasteiger partial charge in [-0.3, -0.25) is 4.79 Å². The van der Waals surface area contributed by atoms with Gasteiger partial charge in [0.25, 0.3) is 0 Å². The first-order valence-electron chi connectivity index (χ1n) is 8.73. The van der Waals surface area contributed by atoms with Crippen LogP contribution in [0, 0.1) is 0 Å². The maximum absolute atomic E-state index is 12.7. The van der Waals surface area contributed by atoms with Crippen molar-refractivity contribution in [3.63, 3.8) is 0 Å². The Labute approximate surface area is 166 Å². The molecule has 0 radical (unpaired) electrons. The van der Waals surface area contributed by atoms with Crippen LogP contribution in [0.15, 0.2) is 89.2 Å². The van der Waals surface area contributed by atoms with Crippen LogP contribution in [-0.4, -0.2) is 10.8 Å². The van der Waals surface area contributed by atoms with Gasteiger partial charge in [-0.2, -0.15) is 0 Å². The summed E-state index contributed by atoms with van der Waals surface area (Å²) < 4.78 is 1.02. The molecule has 134 valence electrons. The third kappa shape index (κ3) is 3.93. The van der Waals surface area contributed by atoms with E-state index >= 15 is 0 Å². The summed E-state index contributed by atoms with van der Waals surface area (Å²) in [6, 6.07) is 21.2. The molecule has 1 atom stereocenters. The van der Waals surface area contributed by atoms with Crippen LogP contribution in [0.1, 0.15) is 28.4 Å². The van der Waals surface area contributed by atoms with Gasteiger partial charge < -0.3 is 10.6 Å². The first kappa shape index (κ1) is 17.5. The largest absolute Gasteiger partial charge is 0.361 e. The van der Waals surface area contributed by atoms with Crippen LogP contribution in [0.2, 0.25) is 0 Å². The average Bonchev–Trinajstić information content (AvgIpc) is 2.88. The van der Waals surface area contributed by atoms with Gasteiger partial charge in [-0.25, -0.2) is 4.98 Å². The maximum Gasteiger partial charge on any atom is 0.187 e. The number of nitrogens with one attached hydrogen (secondary N) is 2. The molecule has 0 aliphatic carbocycles. The molecule has 2 heterocycles. The van der Waals surface area contributed by atoms with Crippen molar-refractivity contribution >= 4 is 33.2 Å². The first-order valence-corrected chi connectivity index (χ1v) is 9.53. The molecule has 2 N–H and O–H groups in total. The Morgan fingerprint density at radius 2 is 1.81 bits per heavy atom. The predicted molar refractivity (Wildman–Crippen MR) is 112 cm³/mol. The minimum Gasteiger partial charge on any atom is -0.361 e. The number of nitrogens with zero attached hydrogens (tertiary/aromatic N) is 1. The van der Waals surface area contributed by atoms with E-state index in [2.05, 4.69) is 37.6 Å². The van der Waals surface area contributed by atoms with Crippen LogP contribution < -0.4 is 10.6 Å². The Balaban J connectivity index is 1.72. The number of carbonyl (C=O) groups is 1. The number of fused-ring (bicyclic) bond motifs is 1. The van der Waals surface area contributed by atoms with Gasteiger partial charge in [0.05, 0.1) is 11.7 Å².